The summed E-state index contributed by atoms with van der Waals surface area (Å²) in [5.41, 5.74) is 0.466. The Morgan fingerprint density at radius 1 is 1.35 bits per heavy atom. The van der Waals surface area contributed by atoms with Crippen LogP contribution in [0.3, 0.4) is 0 Å². The van der Waals surface area contributed by atoms with Crippen LogP contribution in [-0.2, 0) is 16.1 Å². The third kappa shape index (κ3) is 2.92. The molecule has 1 heterocycles. The lowest BCUT2D eigenvalue weighted by Crippen LogP contribution is -2.66. The van der Waals surface area contributed by atoms with Crippen LogP contribution in [0.25, 0.3) is 0 Å². The van der Waals surface area contributed by atoms with Gasteiger partial charge in [-0.3, -0.25) is 4.79 Å². The van der Waals surface area contributed by atoms with Crippen LogP contribution < -0.4 is 0 Å². The molecule has 0 saturated carbocycles. The first kappa shape index (κ1) is 14.4. The van der Waals surface area contributed by atoms with E-state index in [2.05, 4.69) is 0 Å². The van der Waals surface area contributed by atoms with Crippen molar-refractivity contribution in [1.29, 1.82) is 0 Å². The van der Waals surface area contributed by atoms with Crippen molar-refractivity contribution in [2.45, 2.75) is 32.4 Å². The molecule has 1 amide bonds. The van der Waals surface area contributed by atoms with Crippen LogP contribution in [0, 0.1) is 5.92 Å². The maximum atomic E-state index is 12.0. The molecule has 108 valence electrons. The van der Waals surface area contributed by atoms with Gasteiger partial charge in [-0.15, -0.1) is 0 Å². The minimum absolute atomic E-state index is 0.0238. The highest BCUT2D eigenvalue weighted by atomic mass is 16.6. The normalized spacial score (nSPS) is 20.1. The minimum atomic E-state index is -0.833. The van der Waals surface area contributed by atoms with E-state index in [1.807, 2.05) is 44.2 Å². The highest BCUT2D eigenvalue weighted by Crippen LogP contribution is 2.38. The molecule has 1 aromatic rings. The van der Waals surface area contributed by atoms with E-state index in [4.69, 9.17) is 9.84 Å². The molecule has 2 rings (SSSR count). The molecule has 1 aliphatic heterocycles. The molecule has 0 aliphatic carbocycles. The van der Waals surface area contributed by atoms with Gasteiger partial charge < -0.3 is 14.7 Å². The predicted octanol–water partition coefficient (Wildman–Crippen LogP) is 2.51. The van der Waals surface area contributed by atoms with Gasteiger partial charge in [0.25, 0.3) is 0 Å². The fourth-order valence-corrected chi connectivity index (χ4v) is 2.42. The van der Waals surface area contributed by atoms with Gasteiger partial charge in [-0.25, -0.2) is 4.79 Å². The van der Waals surface area contributed by atoms with E-state index < -0.39 is 11.5 Å². The molecule has 5 heteroatoms. The smallest absolute Gasteiger partial charge is 0.410 e. The molecule has 20 heavy (non-hydrogen) atoms. The minimum Gasteiger partial charge on any atom is -0.481 e. The zero-order valence-corrected chi connectivity index (χ0v) is 11.7. The number of nitrogens with zero attached hydrogens (tertiary/aromatic N) is 1. The number of aliphatic carboxylic acids is 1. The summed E-state index contributed by atoms with van der Waals surface area (Å²) in [6.45, 7) is 4.41. The van der Waals surface area contributed by atoms with Gasteiger partial charge in [0.2, 0.25) is 0 Å². The van der Waals surface area contributed by atoms with Crippen molar-refractivity contribution in [1.82, 2.24) is 4.90 Å². The Kier molecular flexibility index (Phi) is 3.97. The van der Waals surface area contributed by atoms with E-state index in [1.165, 1.54) is 0 Å². The number of rotatable bonds is 4. The van der Waals surface area contributed by atoms with Crippen molar-refractivity contribution in [3.05, 3.63) is 35.9 Å². The van der Waals surface area contributed by atoms with Crippen LogP contribution in [0.2, 0.25) is 0 Å². The van der Waals surface area contributed by atoms with Crippen molar-refractivity contribution >= 4 is 12.1 Å². The van der Waals surface area contributed by atoms with Crippen LogP contribution in [0.1, 0.15) is 25.8 Å². The first-order valence-electron chi connectivity index (χ1n) is 6.61. The van der Waals surface area contributed by atoms with E-state index in [0.717, 1.165) is 5.56 Å². The van der Waals surface area contributed by atoms with Crippen molar-refractivity contribution in [2.24, 2.45) is 5.92 Å². The number of carboxylic acid groups (broad SMARTS) is 1. The third-order valence-corrected chi connectivity index (χ3v) is 3.94. The van der Waals surface area contributed by atoms with Gasteiger partial charge in [0.15, 0.2) is 0 Å². The van der Waals surface area contributed by atoms with E-state index in [9.17, 15) is 9.59 Å². The van der Waals surface area contributed by atoms with Gasteiger partial charge >= 0.3 is 12.1 Å². The molecule has 1 aromatic carbocycles. The van der Waals surface area contributed by atoms with Gasteiger partial charge in [-0.1, -0.05) is 30.3 Å². The lowest BCUT2D eigenvalue weighted by atomic mass is 9.75. The van der Waals surface area contributed by atoms with Gasteiger partial charge in [-0.05, 0) is 19.4 Å². The Bertz CT molecular complexity index is 498. The Balaban J connectivity index is 1.87. The Morgan fingerprint density at radius 2 is 2.00 bits per heavy atom. The number of hydrogen-bond acceptors (Lipinski definition) is 3. The number of carbonyl (C=O) groups is 2. The summed E-state index contributed by atoms with van der Waals surface area (Å²) in [6.07, 6.45) is -0.310. The number of ether oxygens (including phenoxy) is 1. The van der Waals surface area contributed by atoms with Crippen molar-refractivity contribution < 1.29 is 19.4 Å². The molecule has 0 bridgehead atoms. The second-order valence-electron chi connectivity index (χ2n) is 5.60. The average Bonchev–Trinajstić information content (AvgIpc) is 2.41. The maximum Gasteiger partial charge on any atom is 0.410 e. The molecule has 1 fully saturated rings. The molecular weight excluding hydrogens is 258 g/mol. The first-order valence-corrected chi connectivity index (χ1v) is 6.61. The molecule has 1 aliphatic rings. The van der Waals surface area contributed by atoms with E-state index in [0.29, 0.717) is 6.54 Å². The van der Waals surface area contributed by atoms with Crippen molar-refractivity contribution in [3.63, 3.8) is 0 Å². The highest BCUT2D eigenvalue weighted by molar-refractivity contribution is 5.72. The van der Waals surface area contributed by atoms with Crippen LogP contribution in [0.4, 0.5) is 4.79 Å². The molecule has 0 aromatic heterocycles. The Labute approximate surface area is 118 Å². The summed E-state index contributed by atoms with van der Waals surface area (Å²) in [5, 5.41) is 8.82. The number of benzene rings is 1. The summed E-state index contributed by atoms with van der Waals surface area (Å²) < 4.78 is 5.26. The summed E-state index contributed by atoms with van der Waals surface area (Å²) >= 11 is 0. The van der Waals surface area contributed by atoms with Crippen molar-refractivity contribution in [3.8, 4) is 0 Å². The van der Waals surface area contributed by atoms with E-state index >= 15 is 0 Å². The molecule has 0 spiro atoms. The quantitative estimate of drug-likeness (QED) is 0.918. The highest BCUT2D eigenvalue weighted by Gasteiger charge is 2.50. The standard InChI is InChI=1S/C15H19NO4/c1-15(2)12(8-13(17)18)9-16(15)14(19)20-10-11-6-4-3-5-7-11/h3-7,12H,8-10H2,1-2H3,(H,17,18). The van der Waals surface area contributed by atoms with Gasteiger partial charge in [-0.2, -0.15) is 0 Å². The molecular formula is C15H19NO4. The summed E-state index contributed by atoms with van der Waals surface area (Å²) in [6, 6.07) is 9.46. The fraction of sp³-hybridized carbons (Fsp3) is 0.467. The molecule has 5 nitrogen and oxygen atoms in total. The van der Waals surface area contributed by atoms with Crippen LogP contribution >= 0.6 is 0 Å². The second-order valence-corrected chi connectivity index (χ2v) is 5.60. The zero-order valence-electron chi connectivity index (χ0n) is 11.7. The molecule has 1 N–H and O–H groups in total. The predicted molar refractivity (Wildman–Crippen MR) is 73.2 cm³/mol. The second kappa shape index (κ2) is 5.53. The number of amides is 1. The molecule has 0 radical (unpaired) electrons. The zero-order chi connectivity index (χ0) is 14.8. The number of carboxylic acids is 1. The summed E-state index contributed by atoms with van der Waals surface area (Å²) in [5.74, 6) is -0.857. The maximum absolute atomic E-state index is 12.0. The fourth-order valence-electron chi connectivity index (χ4n) is 2.42. The van der Waals surface area contributed by atoms with E-state index in [-0.39, 0.29) is 25.0 Å². The number of likely N-dealkylation sites (tertiary alicyclic amines) is 1. The monoisotopic (exact) mass is 277 g/mol. The van der Waals surface area contributed by atoms with E-state index in [1.54, 1.807) is 4.90 Å². The average molecular weight is 277 g/mol. The van der Waals surface area contributed by atoms with Crippen LogP contribution in [-0.4, -0.2) is 34.2 Å². The van der Waals surface area contributed by atoms with Crippen LogP contribution in [0.15, 0.2) is 30.3 Å². The molecule has 1 atom stereocenters. The topological polar surface area (TPSA) is 66.8 Å². The first-order chi connectivity index (χ1) is 9.41. The largest absolute Gasteiger partial charge is 0.481 e. The summed E-state index contributed by atoms with van der Waals surface area (Å²) in [4.78, 5) is 24.3. The lowest BCUT2D eigenvalue weighted by Gasteiger charge is -2.53. The van der Waals surface area contributed by atoms with Gasteiger partial charge in [0, 0.05) is 18.0 Å². The molecule has 1 unspecified atom stereocenters. The number of hydrogen-bond donors (Lipinski definition) is 1. The van der Waals surface area contributed by atoms with Gasteiger partial charge in [0.05, 0.1) is 6.42 Å². The lowest BCUT2D eigenvalue weighted by molar-refractivity contribution is -0.143. The van der Waals surface area contributed by atoms with Crippen LogP contribution in [0.5, 0.6) is 0 Å². The van der Waals surface area contributed by atoms with Crippen molar-refractivity contribution in [2.75, 3.05) is 6.54 Å². The SMILES string of the molecule is CC1(C)C(CC(=O)O)CN1C(=O)OCc1ccccc1. The Morgan fingerprint density at radius 3 is 2.55 bits per heavy atom. The van der Waals surface area contributed by atoms with Gasteiger partial charge in [0.1, 0.15) is 6.61 Å². The summed E-state index contributed by atoms with van der Waals surface area (Å²) in [7, 11) is 0. The Hall–Kier alpha value is -2.04. The number of carbonyl (C=O) groups excluding carboxylic acids is 1. The molecule has 1 saturated heterocycles. The third-order valence-electron chi connectivity index (χ3n) is 3.94.